The fraction of sp³-hybridized carbons (Fsp3) is 0.812. The fourth-order valence-corrected chi connectivity index (χ4v) is 3.29. The van der Waals surface area contributed by atoms with E-state index in [1.807, 2.05) is 6.20 Å². The van der Waals surface area contributed by atoms with Gasteiger partial charge < -0.3 is 9.88 Å². The third-order valence-corrected chi connectivity index (χ3v) is 4.26. The first-order chi connectivity index (χ1) is 9.67. The van der Waals surface area contributed by atoms with Crippen LogP contribution in [0.4, 0.5) is 0 Å². The molecule has 1 atom stereocenters. The van der Waals surface area contributed by atoms with Gasteiger partial charge in [-0.3, -0.25) is 4.90 Å². The summed E-state index contributed by atoms with van der Waals surface area (Å²) in [5.41, 5.74) is 0.374. The molecule has 2 heterocycles. The summed E-state index contributed by atoms with van der Waals surface area (Å²) in [5, 5.41) is 3.62. The molecule has 0 radical (unpaired) electrons. The Morgan fingerprint density at radius 2 is 2.15 bits per heavy atom. The maximum Gasteiger partial charge on any atom is 0.122 e. The molecule has 114 valence electrons. The largest absolute Gasteiger partial charge is 0.333 e. The van der Waals surface area contributed by atoms with Gasteiger partial charge in [0, 0.05) is 38.6 Å². The zero-order chi connectivity index (χ0) is 14.4. The highest BCUT2D eigenvalue weighted by Crippen LogP contribution is 2.25. The van der Waals surface area contributed by atoms with E-state index in [2.05, 4.69) is 46.7 Å². The summed E-state index contributed by atoms with van der Waals surface area (Å²) >= 11 is 0. The summed E-state index contributed by atoms with van der Waals surface area (Å²) in [5.74, 6) is 1.22. The van der Waals surface area contributed by atoms with Crippen LogP contribution in [-0.4, -0.2) is 40.6 Å². The molecular formula is C16H30N4. The maximum absolute atomic E-state index is 4.46. The molecule has 1 N–H and O–H groups in total. The Morgan fingerprint density at radius 3 is 2.90 bits per heavy atom. The zero-order valence-electron chi connectivity index (χ0n) is 13.4. The minimum atomic E-state index is 0.374. The molecule has 4 heteroatoms. The van der Waals surface area contributed by atoms with Crippen LogP contribution in [0.3, 0.4) is 0 Å². The van der Waals surface area contributed by atoms with Crippen molar-refractivity contribution in [3.63, 3.8) is 0 Å². The Morgan fingerprint density at radius 1 is 1.30 bits per heavy atom. The number of fused-ring (bicyclic) bond motifs is 1. The second-order valence-corrected chi connectivity index (χ2v) is 6.48. The number of hydrogen-bond donors (Lipinski definition) is 1. The predicted octanol–water partition coefficient (Wildman–Crippen LogP) is 2.50. The Balaban J connectivity index is 1.91. The molecule has 0 amide bonds. The number of aromatic nitrogens is 2. The normalized spacial score (nSPS) is 18.8. The standard InChI is InChI=1S/C16H30N4/c1-4-6-16(3,13-17-7-5-2)14-19-10-11-20-9-8-18-15(20)12-19/h8-9,17H,4-7,10-14H2,1-3H3. The Hall–Kier alpha value is -0.870. The van der Waals surface area contributed by atoms with Crippen molar-refractivity contribution in [2.24, 2.45) is 5.41 Å². The Bertz CT molecular complexity index is 401. The van der Waals surface area contributed by atoms with Gasteiger partial charge in [-0.1, -0.05) is 27.2 Å². The molecule has 0 saturated heterocycles. The average Bonchev–Trinajstić information content (AvgIpc) is 2.86. The quantitative estimate of drug-likeness (QED) is 0.742. The van der Waals surface area contributed by atoms with Gasteiger partial charge >= 0.3 is 0 Å². The van der Waals surface area contributed by atoms with Crippen LogP contribution in [0.25, 0.3) is 0 Å². The second kappa shape index (κ2) is 7.23. The molecule has 1 aromatic heterocycles. The van der Waals surface area contributed by atoms with Crippen LogP contribution >= 0.6 is 0 Å². The van der Waals surface area contributed by atoms with Crippen molar-refractivity contribution in [3.8, 4) is 0 Å². The van der Waals surface area contributed by atoms with Gasteiger partial charge in [-0.05, 0) is 24.8 Å². The summed E-state index contributed by atoms with van der Waals surface area (Å²) < 4.78 is 2.28. The van der Waals surface area contributed by atoms with Crippen molar-refractivity contribution in [2.45, 2.75) is 53.1 Å². The van der Waals surface area contributed by atoms with E-state index in [9.17, 15) is 0 Å². The SMILES string of the molecule is CCCNCC(C)(CCC)CN1CCn2ccnc2C1. The van der Waals surface area contributed by atoms with Gasteiger partial charge in [-0.2, -0.15) is 0 Å². The van der Waals surface area contributed by atoms with Gasteiger partial charge in [0.15, 0.2) is 0 Å². The molecule has 2 rings (SSSR count). The van der Waals surface area contributed by atoms with E-state index in [0.717, 1.165) is 32.7 Å². The van der Waals surface area contributed by atoms with Crippen LogP contribution in [0.15, 0.2) is 12.4 Å². The van der Waals surface area contributed by atoms with Gasteiger partial charge in [0.1, 0.15) is 5.82 Å². The van der Waals surface area contributed by atoms with Gasteiger partial charge in [0.25, 0.3) is 0 Å². The summed E-state index contributed by atoms with van der Waals surface area (Å²) in [7, 11) is 0. The van der Waals surface area contributed by atoms with Crippen LogP contribution < -0.4 is 5.32 Å². The lowest BCUT2D eigenvalue weighted by atomic mass is 9.84. The van der Waals surface area contributed by atoms with Crippen molar-refractivity contribution in [1.29, 1.82) is 0 Å². The minimum absolute atomic E-state index is 0.374. The lowest BCUT2D eigenvalue weighted by Gasteiger charge is -2.37. The van der Waals surface area contributed by atoms with Crippen molar-refractivity contribution >= 4 is 0 Å². The van der Waals surface area contributed by atoms with Crippen molar-refractivity contribution in [3.05, 3.63) is 18.2 Å². The number of rotatable bonds is 8. The average molecular weight is 278 g/mol. The number of nitrogens with one attached hydrogen (secondary N) is 1. The number of imidazole rings is 1. The molecule has 0 aromatic carbocycles. The predicted molar refractivity (Wildman–Crippen MR) is 83.7 cm³/mol. The molecule has 0 fully saturated rings. The third-order valence-electron chi connectivity index (χ3n) is 4.26. The van der Waals surface area contributed by atoms with Crippen LogP contribution in [0.1, 0.15) is 45.9 Å². The second-order valence-electron chi connectivity index (χ2n) is 6.48. The summed E-state index contributed by atoms with van der Waals surface area (Å²) in [6.45, 7) is 13.6. The van der Waals surface area contributed by atoms with E-state index in [1.165, 1.54) is 31.6 Å². The zero-order valence-corrected chi connectivity index (χ0v) is 13.4. The van der Waals surface area contributed by atoms with Crippen molar-refractivity contribution in [2.75, 3.05) is 26.2 Å². The van der Waals surface area contributed by atoms with Crippen LogP contribution in [0.2, 0.25) is 0 Å². The maximum atomic E-state index is 4.46. The smallest absolute Gasteiger partial charge is 0.122 e. The molecule has 20 heavy (non-hydrogen) atoms. The molecule has 1 aliphatic rings. The molecular weight excluding hydrogens is 248 g/mol. The number of nitrogens with zero attached hydrogens (tertiary/aromatic N) is 3. The Kier molecular flexibility index (Phi) is 5.61. The first-order valence-corrected chi connectivity index (χ1v) is 8.10. The Labute approximate surface area is 123 Å². The minimum Gasteiger partial charge on any atom is -0.333 e. The lowest BCUT2D eigenvalue weighted by Crippen LogP contribution is -2.45. The molecule has 1 unspecified atom stereocenters. The highest BCUT2D eigenvalue weighted by atomic mass is 15.2. The van der Waals surface area contributed by atoms with Gasteiger partial charge in [-0.25, -0.2) is 4.98 Å². The molecule has 0 spiro atoms. The van der Waals surface area contributed by atoms with E-state index in [1.54, 1.807) is 0 Å². The van der Waals surface area contributed by atoms with E-state index in [0.29, 0.717) is 5.41 Å². The topological polar surface area (TPSA) is 33.1 Å². The molecule has 1 aliphatic heterocycles. The molecule has 1 aromatic rings. The molecule has 0 aliphatic carbocycles. The summed E-state index contributed by atoms with van der Waals surface area (Å²) in [6, 6.07) is 0. The van der Waals surface area contributed by atoms with Crippen molar-refractivity contribution in [1.82, 2.24) is 19.8 Å². The lowest BCUT2D eigenvalue weighted by molar-refractivity contribution is 0.123. The van der Waals surface area contributed by atoms with E-state index < -0.39 is 0 Å². The van der Waals surface area contributed by atoms with Gasteiger partial charge in [0.05, 0.1) is 6.54 Å². The monoisotopic (exact) mass is 278 g/mol. The highest BCUT2D eigenvalue weighted by Gasteiger charge is 2.28. The van der Waals surface area contributed by atoms with Crippen LogP contribution in [0.5, 0.6) is 0 Å². The third kappa shape index (κ3) is 4.06. The van der Waals surface area contributed by atoms with Gasteiger partial charge in [0.2, 0.25) is 0 Å². The molecule has 0 saturated carbocycles. The van der Waals surface area contributed by atoms with Crippen molar-refractivity contribution < 1.29 is 0 Å². The fourth-order valence-electron chi connectivity index (χ4n) is 3.29. The summed E-state index contributed by atoms with van der Waals surface area (Å²) in [6.07, 6.45) is 7.78. The highest BCUT2D eigenvalue weighted by molar-refractivity contribution is 4.96. The van der Waals surface area contributed by atoms with E-state index in [-0.39, 0.29) is 0 Å². The molecule has 4 nitrogen and oxygen atoms in total. The number of hydrogen-bond acceptors (Lipinski definition) is 3. The van der Waals surface area contributed by atoms with Gasteiger partial charge in [-0.15, -0.1) is 0 Å². The first kappa shape index (κ1) is 15.5. The van der Waals surface area contributed by atoms with Crippen LogP contribution in [0, 0.1) is 5.41 Å². The van der Waals surface area contributed by atoms with E-state index >= 15 is 0 Å². The van der Waals surface area contributed by atoms with E-state index in [4.69, 9.17) is 0 Å². The molecule has 0 bridgehead atoms. The van der Waals surface area contributed by atoms with Crippen LogP contribution in [-0.2, 0) is 13.1 Å². The summed E-state index contributed by atoms with van der Waals surface area (Å²) in [4.78, 5) is 7.04. The first-order valence-electron chi connectivity index (χ1n) is 8.10.